The Labute approximate surface area is 135 Å². The number of piperidine rings is 1. The molecule has 0 radical (unpaired) electrons. The first kappa shape index (κ1) is 15.5. The summed E-state index contributed by atoms with van der Waals surface area (Å²) in [5, 5.41) is 0. The summed E-state index contributed by atoms with van der Waals surface area (Å²) in [5.41, 5.74) is 1.89. The number of benzene rings is 2. The van der Waals surface area contributed by atoms with E-state index in [1.54, 1.807) is 4.90 Å². The van der Waals surface area contributed by atoms with Crippen molar-refractivity contribution in [3.63, 3.8) is 0 Å². The highest BCUT2D eigenvalue weighted by atomic mass is 19.1. The van der Waals surface area contributed by atoms with Crippen molar-refractivity contribution in [1.29, 1.82) is 0 Å². The average molecular weight is 313 g/mol. The van der Waals surface area contributed by atoms with Crippen LogP contribution < -0.4 is 0 Å². The Morgan fingerprint density at radius 2 is 1.74 bits per heavy atom. The first-order chi connectivity index (χ1) is 11.2. The van der Waals surface area contributed by atoms with Crippen LogP contribution in [0.15, 0.2) is 60.7 Å². The zero-order valence-corrected chi connectivity index (χ0v) is 12.9. The van der Waals surface area contributed by atoms with E-state index in [1.165, 1.54) is 0 Å². The standard InChI is InChI=1S/C19H20FNO2/c20-17-11-12-21(18(13-17)16-9-5-2-6-10-16)19(22)23-14-15-7-3-1-4-8-15/h1-10,17-18H,11-14H2. The van der Waals surface area contributed by atoms with Gasteiger partial charge in [0.2, 0.25) is 0 Å². The summed E-state index contributed by atoms with van der Waals surface area (Å²) in [5.74, 6) is 0. The van der Waals surface area contributed by atoms with Crippen LogP contribution in [-0.2, 0) is 11.3 Å². The molecule has 0 N–H and O–H groups in total. The Morgan fingerprint density at radius 3 is 2.43 bits per heavy atom. The molecule has 3 nitrogen and oxygen atoms in total. The summed E-state index contributed by atoms with van der Waals surface area (Å²) < 4.78 is 19.2. The van der Waals surface area contributed by atoms with E-state index in [1.807, 2.05) is 60.7 Å². The van der Waals surface area contributed by atoms with Gasteiger partial charge in [0.25, 0.3) is 0 Å². The number of nitrogens with zero attached hydrogens (tertiary/aromatic N) is 1. The van der Waals surface area contributed by atoms with Gasteiger partial charge in [0.1, 0.15) is 12.8 Å². The monoisotopic (exact) mass is 313 g/mol. The first-order valence-electron chi connectivity index (χ1n) is 7.90. The van der Waals surface area contributed by atoms with Crippen LogP contribution >= 0.6 is 0 Å². The molecule has 0 aromatic heterocycles. The Hall–Kier alpha value is -2.36. The van der Waals surface area contributed by atoms with Gasteiger partial charge in [0.05, 0.1) is 6.04 Å². The molecule has 2 aromatic rings. The summed E-state index contributed by atoms with van der Waals surface area (Å²) in [6, 6.07) is 18.9. The van der Waals surface area contributed by atoms with Crippen molar-refractivity contribution in [2.45, 2.75) is 31.7 Å². The highest BCUT2D eigenvalue weighted by Gasteiger charge is 2.33. The smallest absolute Gasteiger partial charge is 0.410 e. The zero-order chi connectivity index (χ0) is 16.1. The van der Waals surface area contributed by atoms with Gasteiger partial charge < -0.3 is 9.64 Å². The van der Waals surface area contributed by atoms with Crippen LogP contribution in [0.5, 0.6) is 0 Å². The molecular weight excluding hydrogens is 293 g/mol. The summed E-state index contributed by atoms with van der Waals surface area (Å²) >= 11 is 0. The van der Waals surface area contributed by atoms with Gasteiger partial charge in [-0.05, 0) is 17.5 Å². The summed E-state index contributed by atoms with van der Waals surface area (Å²) in [4.78, 5) is 14.1. The number of ether oxygens (including phenoxy) is 1. The molecule has 0 aliphatic carbocycles. The third kappa shape index (κ3) is 3.89. The van der Waals surface area contributed by atoms with Crippen LogP contribution in [0.1, 0.15) is 30.0 Å². The third-order valence-electron chi connectivity index (χ3n) is 4.16. The van der Waals surface area contributed by atoms with E-state index >= 15 is 0 Å². The number of hydrogen-bond acceptors (Lipinski definition) is 2. The molecule has 2 unspecified atom stereocenters. The Balaban J connectivity index is 1.69. The average Bonchev–Trinajstić information content (AvgIpc) is 2.61. The number of amides is 1. The minimum Gasteiger partial charge on any atom is -0.445 e. The van der Waals surface area contributed by atoms with Crippen LogP contribution in [0.25, 0.3) is 0 Å². The molecule has 1 amide bonds. The van der Waals surface area contributed by atoms with Gasteiger partial charge in [-0.2, -0.15) is 0 Å². The van der Waals surface area contributed by atoms with Gasteiger partial charge in [-0.1, -0.05) is 60.7 Å². The predicted octanol–water partition coefficient (Wildman–Crippen LogP) is 4.50. The fourth-order valence-corrected chi connectivity index (χ4v) is 2.93. The zero-order valence-electron chi connectivity index (χ0n) is 12.9. The van der Waals surface area contributed by atoms with Crippen LogP contribution in [0.2, 0.25) is 0 Å². The number of carbonyl (C=O) groups excluding carboxylic acids is 1. The third-order valence-corrected chi connectivity index (χ3v) is 4.16. The van der Waals surface area contributed by atoms with Gasteiger partial charge in [-0.25, -0.2) is 9.18 Å². The van der Waals surface area contributed by atoms with Crippen LogP contribution in [0, 0.1) is 0 Å². The number of rotatable bonds is 3. The minimum atomic E-state index is -0.877. The lowest BCUT2D eigenvalue weighted by molar-refractivity contribution is 0.0498. The van der Waals surface area contributed by atoms with Crippen molar-refractivity contribution >= 4 is 6.09 Å². The largest absolute Gasteiger partial charge is 0.445 e. The molecule has 23 heavy (non-hydrogen) atoms. The van der Waals surface area contributed by atoms with Gasteiger partial charge in [0, 0.05) is 13.0 Å². The molecule has 0 saturated carbocycles. The quantitative estimate of drug-likeness (QED) is 0.835. The lowest BCUT2D eigenvalue weighted by Crippen LogP contribution is -2.41. The molecule has 3 rings (SSSR count). The molecule has 1 aliphatic heterocycles. The van der Waals surface area contributed by atoms with E-state index in [2.05, 4.69) is 0 Å². The van der Waals surface area contributed by atoms with E-state index in [-0.39, 0.29) is 18.7 Å². The van der Waals surface area contributed by atoms with Gasteiger partial charge >= 0.3 is 6.09 Å². The number of carbonyl (C=O) groups is 1. The number of hydrogen-bond donors (Lipinski definition) is 0. The highest BCUT2D eigenvalue weighted by Crippen LogP contribution is 2.32. The fourth-order valence-electron chi connectivity index (χ4n) is 2.93. The van der Waals surface area contributed by atoms with Gasteiger partial charge in [-0.15, -0.1) is 0 Å². The maximum absolute atomic E-state index is 13.8. The van der Waals surface area contributed by atoms with E-state index in [4.69, 9.17) is 4.74 Å². The van der Waals surface area contributed by atoms with Crippen molar-refractivity contribution in [1.82, 2.24) is 4.90 Å². The fraction of sp³-hybridized carbons (Fsp3) is 0.316. The van der Waals surface area contributed by atoms with Crippen LogP contribution in [-0.4, -0.2) is 23.7 Å². The first-order valence-corrected chi connectivity index (χ1v) is 7.90. The number of halogens is 1. The maximum atomic E-state index is 13.8. The summed E-state index contributed by atoms with van der Waals surface area (Å²) in [6.45, 7) is 0.616. The van der Waals surface area contributed by atoms with Crippen molar-refractivity contribution in [3.05, 3.63) is 71.8 Å². The number of likely N-dealkylation sites (tertiary alicyclic amines) is 1. The second kappa shape index (κ2) is 7.27. The SMILES string of the molecule is O=C(OCc1ccccc1)N1CCC(F)CC1c1ccccc1. The van der Waals surface area contributed by atoms with Gasteiger partial charge in [-0.3, -0.25) is 0 Å². The normalized spacial score (nSPS) is 21.0. The Morgan fingerprint density at radius 1 is 1.09 bits per heavy atom. The highest BCUT2D eigenvalue weighted by molar-refractivity contribution is 5.68. The molecule has 1 fully saturated rings. The Kier molecular flexibility index (Phi) is 4.91. The summed E-state index contributed by atoms with van der Waals surface area (Å²) in [6.07, 6.45) is -0.568. The van der Waals surface area contributed by atoms with E-state index in [0.29, 0.717) is 19.4 Å². The lowest BCUT2D eigenvalue weighted by atomic mass is 9.94. The van der Waals surface area contributed by atoms with E-state index in [0.717, 1.165) is 11.1 Å². The number of alkyl halides is 1. The van der Waals surface area contributed by atoms with Crippen molar-refractivity contribution < 1.29 is 13.9 Å². The van der Waals surface area contributed by atoms with Crippen molar-refractivity contribution in [2.24, 2.45) is 0 Å². The van der Waals surface area contributed by atoms with E-state index in [9.17, 15) is 9.18 Å². The van der Waals surface area contributed by atoms with Gasteiger partial charge in [0.15, 0.2) is 0 Å². The van der Waals surface area contributed by atoms with Crippen LogP contribution in [0.4, 0.5) is 9.18 Å². The Bertz CT molecular complexity index is 632. The second-order valence-corrected chi connectivity index (χ2v) is 5.78. The molecule has 1 heterocycles. The topological polar surface area (TPSA) is 29.5 Å². The molecule has 2 aromatic carbocycles. The van der Waals surface area contributed by atoms with E-state index < -0.39 is 6.17 Å². The molecule has 2 atom stereocenters. The molecule has 0 spiro atoms. The van der Waals surface area contributed by atoms with Crippen LogP contribution in [0.3, 0.4) is 0 Å². The van der Waals surface area contributed by atoms with Crippen molar-refractivity contribution in [2.75, 3.05) is 6.54 Å². The molecule has 1 saturated heterocycles. The molecule has 1 aliphatic rings. The molecule has 120 valence electrons. The molecular formula is C19H20FNO2. The summed E-state index contributed by atoms with van der Waals surface area (Å²) in [7, 11) is 0. The molecule has 0 bridgehead atoms. The predicted molar refractivity (Wildman–Crippen MR) is 86.6 cm³/mol. The van der Waals surface area contributed by atoms with Crippen molar-refractivity contribution in [3.8, 4) is 0 Å². The second-order valence-electron chi connectivity index (χ2n) is 5.78. The maximum Gasteiger partial charge on any atom is 0.410 e. The molecule has 4 heteroatoms. The lowest BCUT2D eigenvalue weighted by Gasteiger charge is -2.36. The minimum absolute atomic E-state index is 0.233.